The Morgan fingerprint density at radius 2 is 1.96 bits per heavy atom. The molecule has 0 spiro atoms. The van der Waals surface area contributed by atoms with Crippen molar-refractivity contribution < 1.29 is 9.53 Å². The first-order valence-corrected chi connectivity index (χ1v) is 8.25. The monoisotopic (exact) mass is 325 g/mol. The molecule has 0 atom stereocenters. The standard InChI is InChI=1S/C19H23N3O2/c1-19(2,3)17-11-15-12-22(10-9-16(15)20-21-17)18(23)24-13-14-7-5-4-6-8-14/h4-8,11H,9-10,12-13H2,1-3H3. The fourth-order valence-corrected chi connectivity index (χ4v) is 2.66. The van der Waals surface area contributed by atoms with E-state index in [0.717, 1.165) is 22.5 Å². The van der Waals surface area contributed by atoms with Crippen molar-refractivity contribution in [3.05, 3.63) is 58.9 Å². The average Bonchev–Trinajstić information content (AvgIpc) is 2.59. The van der Waals surface area contributed by atoms with Gasteiger partial charge in [0.25, 0.3) is 0 Å². The number of nitrogens with zero attached hydrogens (tertiary/aromatic N) is 3. The average molecular weight is 325 g/mol. The minimum atomic E-state index is -0.279. The number of hydrogen-bond donors (Lipinski definition) is 0. The van der Waals surface area contributed by atoms with Gasteiger partial charge in [0.15, 0.2) is 0 Å². The van der Waals surface area contributed by atoms with Gasteiger partial charge in [0.1, 0.15) is 6.61 Å². The van der Waals surface area contributed by atoms with Gasteiger partial charge in [-0.25, -0.2) is 4.79 Å². The highest BCUT2D eigenvalue weighted by Gasteiger charge is 2.25. The number of benzene rings is 1. The normalized spacial score (nSPS) is 14.2. The van der Waals surface area contributed by atoms with E-state index in [9.17, 15) is 4.79 Å². The molecule has 5 heteroatoms. The first-order valence-electron chi connectivity index (χ1n) is 8.25. The Hall–Kier alpha value is -2.43. The Morgan fingerprint density at radius 3 is 2.67 bits per heavy atom. The van der Waals surface area contributed by atoms with E-state index in [1.54, 1.807) is 4.90 Å². The van der Waals surface area contributed by atoms with Gasteiger partial charge in [-0.15, -0.1) is 0 Å². The Kier molecular flexibility index (Phi) is 4.51. The number of rotatable bonds is 2. The summed E-state index contributed by atoms with van der Waals surface area (Å²) >= 11 is 0. The van der Waals surface area contributed by atoms with Crippen LogP contribution >= 0.6 is 0 Å². The lowest BCUT2D eigenvalue weighted by Gasteiger charge is -2.28. The van der Waals surface area contributed by atoms with Crippen LogP contribution in [0.5, 0.6) is 0 Å². The maximum absolute atomic E-state index is 12.3. The van der Waals surface area contributed by atoms with E-state index in [4.69, 9.17) is 4.74 Å². The molecule has 0 fully saturated rings. The SMILES string of the molecule is CC(C)(C)c1cc2c(nn1)CCN(C(=O)OCc1ccccc1)C2. The second-order valence-electron chi connectivity index (χ2n) is 7.16. The molecule has 0 saturated heterocycles. The summed E-state index contributed by atoms with van der Waals surface area (Å²) in [6, 6.07) is 11.8. The molecular formula is C19H23N3O2. The van der Waals surface area contributed by atoms with Crippen LogP contribution in [0.25, 0.3) is 0 Å². The van der Waals surface area contributed by atoms with Crippen LogP contribution in [0.1, 0.15) is 43.3 Å². The third-order valence-corrected chi connectivity index (χ3v) is 4.17. The Bertz CT molecular complexity index is 723. The fraction of sp³-hybridized carbons (Fsp3) is 0.421. The van der Waals surface area contributed by atoms with Crippen molar-refractivity contribution in [2.24, 2.45) is 0 Å². The third-order valence-electron chi connectivity index (χ3n) is 4.17. The van der Waals surface area contributed by atoms with Gasteiger partial charge in [0.2, 0.25) is 0 Å². The molecule has 1 aromatic carbocycles. The van der Waals surface area contributed by atoms with Gasteiger partial charge in [0, 0.05) is 18.4 Å². The van der Waals surface area contributed by atoms with Gasteiger partial charge in [-0.05, 0) is 17.2 Å². The van der Waals surface area contributed by atoms with Crippen LogP contribution in [-0.4, -0.2) is 27.7 Å². The van der Waals surface area contributed by atoms with Crippen molar-refractivity contribution in [2.75, 3.05) is 6.54 Å². The summed E-state index contributed by atoms with van der Waals surface area (Å²) in [6.07, 6.45) is 0.436. The zero-order valence-electron chi connectivity index (χ0n) is 14.5. The van der Waals surface area contributed by atoms with Crippen LogP contribution in [0.2, 0.25) is 0 Å². The zero-order valence-corrected chi connectivity index (χ0v) is 14.5. The number of carbonyl (C=O) groups is 1. The van der Waals surface area contributed by atoms with Crippen molar-refractivity contribution in [1.82, 2.24) is 15.1 Å². The van der Waals surface area contributed by atoms with Gasteiger partial charge in [0.05, 0.1) is 17.9 Å². The largest absolute Gasteiger partial charge is 0.445 e. The van der Waals surface area contributed by atoms with Crippen LogP contribution < -0.4 is 0 Å². The molecule has 0 N–H and O–H groups in total. The van der Waals surface area contributed by atoms with E-state index in [2.05, 4.69) is 37.0 Å². The maximum Gasteiger partial charge on any atom is 0.410 e. The number of ether oxygens (including phenoxy) is 1. The summed E-state index contributed by atoms with van der Waals surface area (Å²) in [6.45, 7) is 7.77. The van der Waals surface area contributed by atoms with E-state index in [1.807, 2.05) is 30.3 Å². The number of amides is 1. The van der Waals surface area contributed by atoms with Crippen molar-refractivity contribution in [3.63, 3.8) is 0 Å². The molecule has 0 saturated carbocycles. The maximum atomic E-state index is 12.3. The van der Waals surface area contributed by atoms with Crippen molar-refractivity contribution >= 4 is 6.09 Å². The van der Waals surface area contributed by atoms with Crippen molar-refractivity contribution in [2.45, 2.75) is 45.8 Å². The number of hydrogen-bond acceptors (Lipinski definition) is 4. The summed E-state index contributed by atoms with van der Waals surface area (Å²) < 4.78 is 5.43. The third kappa shape index (κ3) is 3.72. The predicted molar refractivity (Wildman–Crippen MR) is 91.5 cm³/mol. The minimum absolute atomic E-state index is 0.0574. The molecule has 5 nitrogen and oxygen atoms in total. The Morgan fingerprint density at radius 1 is 1.21 bits per heavy atom. The fourth-order valence-electron chi connectivity index (χ4n) is 2.66. The zero-order chi connectivity index (χ0) is 17.2. The van der Waals surface area contributed by atoms with Crippen LogP contribution in [0.15, 0.2) is 36.4 Å². The van der Waals surface area contributed by atoms with E-state index in [-0.39, 0.29) is 11.5 Å². The predicted octanol–water partition coefficient (Wildman–Crippen LogP) is 3.47. The second kappa shape index (κ2) is 6.59. The topological polar surface area (TPSA) is 55.3 Å². The molecule has 126 valence electrons. The molecular weight excluding hydrogens is 302 g/mol. The first kappa shape index (κ1) is 16.4. The number of carbonyl (C=O) groups excluding carboxylic acids is 1. The number of aromatic nitrogens is 2. The van der Waals surface area contributed by atoms with Gasteiger partial charge in [-0.1, -0.05) is 51.1 Å². The molecule has 0 unspecified atom stereocenters. The number of fused-ring (bicyclic) bond motifs is 1. The van der Waals surface area contributed by atoms with Crippen molar-refractivity contribution in [3.8, 4) is 0 Å². The molecule has 24 heavy (non-hydrogen) atoms. The second-order valence-corrected chi connectivity index (χ2v) is 7.16. The van der Waals surface area contributed by atoms with E-state index >= 15 is 0 Å². The molecule has 1 aromatic heterocycles. The highest BCUT2D eigenvalue weighted by molar-refractivity contribution is 5.68. The summed E-state index contributed by atoms with van der Waals surface area (Å²) in [5, 5.41) is 8.67. The van der Waals surface area contributed by atoms with Gasteiger partial charge in [-0.2, -0.15) is 10.2 Å². The van der Waals surface area contributed by atoms with Crippen LogP contribution in [-0.2, 0) is 29.7 Å². The summed E-state index contributed by atoms with van der Waals surface area (Å²) in [7, 11) is 0. The molecule has 2 heterocycles. The van der Waals surface area contributed by atoms with E-state index < -0.39 is 0 Å². The van der Waals surface area contributed by atoms with Crippen LogP contribution in [0.3, 0.4) is 0 Å². The quantitative estimate of drug-likeness (QED) is 0.848. The summed E-state index contributed by atoms with van der Waals surface area (Å²) in [4.78, 5) is 14.1. The van der Waals surface area contributed by atoms with E-state index in [0.29, 0.717) is 26.1 Å². The van der Waals surface area contributed by atoms with Gasteiger partial charge >= 0.3 is 6.09 Å². The van der Waals surface area contributed by atoms with E-state index in [1.165, 1.54) is 0 Å². The molecule has 0 aliphatic carbocycles. The highest BCUT2D eigenvalue weighted by atomic mass is 16.6. The molecule has 1 aliphatic heterocycles. The molecule has 3 rings (SSSR count). The van der Waals surface area contributed by atoms with Gasteiger partial charge in [-0.3, -0.25) is 0 Å². The first-order chi connectivity index (χ1) is 11.4. The molecule has 1 aliphatic rings. The Labute approximate surface area is 142 Å². The lowest BCUT2D eigenvalue weighted by molar-refractivity contribution is 0.0915. The minimum Gasteiger partial charge on any atom is -0.445 e. The van der Waals surface area contributed by atoms with Crippen LogP contribution in [0.4, 0.5) is 4.79 Å². The molecule has 0 bridgehead atoms. The molecule has 2 aromatic rings. The lowest BCUT2D eigenvalue weighted by atomic mass is 9.90. The Balaban J connectivity index is 1.66. The lowest BCUT2D eigenvalue weighted by Crippen LogP contribution is -2.37. The highest BCUT2D eigenvalue weighted by Crippen LogP contribution is 2.24. The molecule has 1 amide bonds. The van der Waals surface area contributed by atoms with Gasteiger partial charge < -0.3 is 9.64 Å². The summed E-state index contributed by atoms with van der Waals surface area (Å²) in [5.74, 6) is 0. The molecule has 0 radical (unpaired) electrons. The smallest absolute Gasteiger partial charge is 0.410 e. The van der Waals surface area contributed by atoms with Crippen LogP contribution in [0, 0.1) is 0 Å². The van der Waals surface area contributed by atoms with Crippen molar-refractivity contribution in [1.29, 1.82) is 0 Å². The summed E-state index contributed by atoms with van der Waals surface area (Å²) in [5.41, 5.74) is 3.93.